The molecule has 0 radical (unpaired) electrons. The second-order valence-electron chi connectivity index (χ2n) is 5.41. The number of hydrogen-bond donors (Lipinski definition) is 2. The SMILES string of the molecule is NCCC1CCCCN1Cc1c[nH]c2ncccc12. The van der Waals surface area contributed by atoms with Crippen LogP contribution in [0.4, 0.5) is 0 Å². The van der Waals surface area contributed by atoms with Gasteiger partial charge in [0, 0.05) is 30.4 Å². The summed E-state index contributed by atoms with van der Waals surface area (Å²) in [6, 6.07) is 4.81. The fourth-order valence-electron chi connectivity index (χ4n) is 3.15. The summed E-state index contributed by atoms with van der Waals surface area (Å²) in [6.07, 6.45) is 8.99. The topological polar surface area (TPSA) is 57.9 Å². The minimum absolute atomic E-state index is 0.653. The molecule has 4 heteroatoms. The van der Waals surface area contributed by atoms with E-state index < -0.39 is 0 Å². The third kappa shape index (κ3) is 2.65. The Morgan fingerprint density at radius 2 is 2.37 bits per heavy atom. The molecule has 1 atom stereocenters. The molecule has 0 spiro atoms. The number of nitrogens with one attached hydrogen (secondary N) is 1. The summed E-state index contributed by atoms with van der Waals surface area (Å²) in [5.74, 6) is 0. The van der Waals surface area contributed by atoms with Crippen LogP contribution >= 0.6 is 0 Å². The molecule has 1 unspecified atom stereocenters. The summed E-state index contributed by atoms with van der Waals surface area (Å²) in [5.41, 5.74) is 8.09. The molecular formula is C15H22N4. The quantitative estimate of drug-likeness (QED) is 0.884. The summed E-state index contributed by atoms with van der Waals surface area (Å²) in [5, 5.41) is 1.25. The molecule has 1 aliphatic heterocycles. The van der Waals surface area contributed by atoms with Gasteiger partial charge in [0.05, 0.1) is 0 Å². The van der Waals surface area contributed by atoms with Crippen LogP contribution in [0, 0.1) is 0 Å². The van der Waals surface area contributed by atoms with Gasteiger partial charge >= 0.3 is 0 Å². The molecule has 1 fully saturated rings. The van der Waals surface area contributed by atoms with Crippen molar-refractivity contribution in [2.24, 2.45) is 5.73 Å². The Hall–Kier alpha value is -1.39. The van der Waals surface area contributed by atoms with E-state index in [1.54, 1.807) is 0 Å². The number of pyridine rings is 1. The standard InChI is InChI=1S/C15H22N4/c16-7-6-13-4-1-2-9-19(13)11-12-10-18-15-14(12)5-3-8-17-15/h3,5,8,10,13H,1-2,4,6-7,9,11,16H2,(H,17,18). The first-order valence-electron chi connectivity index (χ1n) is 7.23. The van der Waals surface area contributed by atoms with Crippen molar-refractivity contribution < 1.29 is 0 Å². The van der Waals surface area contributed by atoms with Crippen molar-refractivity contribution in [1.29, 1.82) is 0 Å². The Balaban J connectivity index is 1.79. The fraction of sp³-hybridized carbons (Fsp3) is 0.533. The third-order valence-electron chi connectivity index (χ3n) is 4.16. The van der Waals surface area contributed by atoms with Crippen molar-refractivity contribution in [3.63, 3.8) is 0 Å². The van der Waals surface area contributed by atoms with E-state index in [0.717, 1.165) is 25.2 Å². The van der Waals surface area contributed by atoms with Crippen LogP contribution in [0.1, 0.15) is 31.2 Å². The summed E-state index contributed by atoms with van der Waals surface area (Å²) in [7, 11) is 0. The minimum Gasteiger partial charge on any atom is -0.346 e. The minimum atomic E-state index is 0.653. The largest absolute Gasteiger partial charge is 0.346 e. The lowest BCUT2D eigenvalue weighted by Gasteiger charge is -2.35. The van der Waals surface area contributed by atoms with E-state index in [1.807, 2.05) is 12.3 Å². The van der Waals surface area contributed by atoms with Crippen LogP contribution in [0.3, 0.4) is 0 Å². The predicted molar refractivity (Wildman–Crippen MR) is 77.8 cm³/mol. The smallest absolute Gasteiger partial charge is 0.137 e. The maximum atomic E-state index is 5.74. The van der Waals surface area contributed by atoms with Gasteiger partial charge in [-0.15, -0.1) is 0 Å². The van der Waals surface area contributed by atoms with Gasteiger partial charge in [-0.3, -0.25) is 4.90 Å². The van der Waals surface area contributed by atoms with Crippen LogP contribution in [0.5, 0.6) is 0 Å². The van der Waals surface area contributed by atoms with Gasteiger partial charge in [0.25, 0.3) is 0 Å². The van der Waals surface area contributed by atoms with Gasteiger partial charge in [-0.2, -0.15) is 0 Å². The number of fused-ring (bicyclic) bond motifs is 1. The van der Waals surface area contributed by atoms with E-state index in [4.69, 9.17) is 5.73 Å². The van der Waals surface area contributed by atoms with Crippen molar-refractivity contribution in [3.8, 4) is 0 Å². The molecule has 4 nitrogen and oxygen atoms in total. The Kier molecular flexibility index (Phi) is 3.80. The first kappa shape index (κ1) is 12.6. The van der Waals surface area contributed by atoms with Crippen molar-refractivity contribution in [3.05, 3.63) is 30.1 Å². The molecule has 2 aromatic rings. The predicted octanol–water partition coefficient (Wildman–Crippen LogP) is 2.27. The van der Waals surface area contributed by atoms with E-state index in [0.29, 0.717) is 6.04 Å². The number of piperidine rings is 1. The second-order valence-corrected chi connectivity index (χ2v) is 5.41. The second kappa shape index (κ2) is 5.72. The molecular weight excluding hydrogens is 236 g/mol. The molecule has 19 heavy (non-hydrogen) atoms. The molecule has 0 bridgehead atoms. The van der Waals surface area contributed by atoms with Crippen molar-refractivity contribution in [2.45, 2.75) is 38.3 Å². The van der Waals surface area contributed by atoms with E-state index in [9.17, 15) is 0 Å². The van der Waals surface area contributed by atoms with Crippen LogP contribution in [0.15, 0.2) is 24.5 Å². The van der Waals surface area contributed by atoms with Gasteiger partial charge in [0.1, 0.15) is 5.65 Å². The van der Waals surface area contributed by atoms with Crippen LogP contribution in [0.25, 0.3) is 11.0 Å². The first-order valence-corrected chi connectivity index (χ1v) is 7.23. The zero-order chi connectivity index (χ0) is 13.1. The Labute approximate surface area is 114 Å². The Morgan fingerprint density at radius 3 is 3.26 bits per heavy atom. The maximum Gasteiger partial charge on any atom is 0.137 e. The van der Waals surface area contributed by atoms with Gasteiger partial charge in [-0.25, -0.2) is 4.98 Å². The van der Waals surface area contributed by atoms with Gasteiger partial charge in [-0.05, 0) is 50.0 Å². The normalized spacial score (nSPS) is 21.0. The number of nitrogens with zero attached hydrogens (tertiary/aromatic N) is 2. The lowest BCUT2D eigenvalue weighted by Crippen LogP contribution is -2.40. The number of hydrogen-bond acceptors (Lipinski definition) is 3. The van der Waals surface area contributed by atoms with E-state index in [1.165, 1.54) is 36.8 Å². The number of nitrogens with two attached hydrogens (primary N) is 1. The summed E-state index contributed by atoms with van der Waals surface area (Å²) in [6.45, 7) is 2.99. The molecule has 0 aromatic carbocycles. The van der Waals surface area contributed by atoms with Crippen LogP contribution in [0.2, 0.25) is 0 Å². The zero-order valence-corrected chi connectivity index (χ0v) is 11.3. The lowest BCUT2D eigenvalue weighted by atomic mass is 9.98. The third-order valence-corrected chi connectivity index (χ3v) is 4.16. The summed E-state index contributed by atoms with van der Waals surface area (Å²) >= 11 is 0. The number of rotatable bonds is 4. The highest BCUT2D eigenvalue weighted by Crippen LogP contribution is 2.24. The summed E-state index contributed by atoms with van der Waals surface area (Å²) < 4.78 is 0. The fourth-order valence-corrected chi connectivity index (χ4v) is 3.15. The molecule has 1 aliphatic rings. The highest BCUT2D eigenvalue weighted by molar-refractivity contribution is 5.79. The molecule has 1 saturated heterocycles. The molecule has 3 rings (SSSR count). The average molecular weight is 258 g/mol. The molecule has 0 saturated carbocycles. The van der Waals surface area contributed by atoms with E-state index in [-0.39, 0.29) is 0 Å². The molecule has 0 aliphatic carbocycles. The van der Waals surface area contributed by atoms with Crippen LogP contribution in [-0.2, 0) is 6.54 Å². The first-order chi connectivity index (χ1) is 9.38. The monoisotopic (exact) mass is 258 g/mol. The van der Waals surface area contributed by atoms with E-state index >= 15 is 0 Å². The molecule has 2 aromatic heterocycles. The molecule has 3 heterocycles. The van der Waals surface area contributed by atoms with Crippen molar-refractivity contribution in [1.82, 2.24) is 14.9 Å². The average Bonchev–Trinajstić information content (AvgIpc) is 2.85. The molecule has 0 amide bonds. The van der Waals surface area contributed by atoms with Gasteiger partial charge in [-0.1, -0.05) is 6.42 Å². The Bertz CT molecular complexity index is 532. The van der Waals surface area contributed by atoms with Gasteiger partial charge < -0.3 is 10.7 Å². The van der Waals surface area contributed by atoms with Gasteiger partial charge in [0.2, 0.25) is 0 Å². The highest BCUT2D eigenvalue weighted by Gasteiger charge is 2.22. The zero-order valence-electron chi connectivity index (χ0n) is 11.3. The number of likely N-dealkylation sites (tertiary alicyclic amines) is 1. The Morgan fingerprint density at radius 1 is 1.42 bits per heavy atom. The maximum absolute atomic E-state index is 5.74. The number of aromatic nitrogens is 2. The number of aromatic amines is 1. The van der Waals surface area contributed by atoms with Crippen LogP contribution < -0.4 is 5.73 Å². The molecule has 102 valence electrons. The number of H-pyrrole nitrogens is 1. The van der Waals surface area contributed by atoms with Crippen molar-refractivity contribution in [2.75, 3.05) is 13.1 Å². The van der Waals surface area contributed by atoms with E-state index in [2.05, 4.69) is 27.1 Å². The van der Waals surface area contributed by atoms with Crippen molar-refractivity contribution >= 4 is 11.0 Å². The van der Waals surface area contributed by atoms with Gasteiger partial charge in [0.15, 0.2) is 0 Å². The van der Waals surface area contributed by atoms with Crippen LogP contribution in [-0.4, -0.2) is 34.0 Å². The molecule has 3 N–H and O–H groups in total. The lowest BCUT2D eigenvalue weighted by molar-refractivity contribution is 0.134. The highest BCUT2D eigenvalue weighted by atomic mass is 15.2. The summed E-state index contributed by atoms with van der Waals surface area (Å²) in [4.78, 5) is 10.2.